The van der Waals surface area contributed by atoms with Gasteiger partial charge in [0.25, 0.3) is 0 Å². The van der Waals surface area contributed by atoms with Gasteiger partial charge in [0.15, 0.2) is 0 Å². The molecule has 0 aromatic rings. The van der Waals surface area contributed by atoms with Gasteiger partial charge in [-0.2, -0.15) is 0 Å². The molecule has 0 radical (unpaired) electrons. The third kappa shape index (κ3) is 36.9. The number of carbonyl (C=O) groups is 1. The Hall–Kier alpha value is -2.17. The fourth-order valence-electron chi connectivity index (χ4n) is 5.79. The number of carbonyl (C=O) groups excluding carboxylic acids is 1. The summed E-state index contributed by atoms with van der Waals surface area (Å²) in [5, 5.41) is 23.0. The van der Waals surface area contributed by atoms with E-state index in [1.165, 1.54) is 96.3 Å². The molecule has 0 fully saturated rings. The maximum atomic E-state index is 12.4. The number of nitrogens with one attached hydrogen (secondary N) is 1. The summed E-state index contributed by atoms with van der Waals surface area (Å²) in [6.07, 6.45) is 57.1. The van der Waals surface area contributed by atoms with Crippen molar-refractivity contribution in [2.75, 3.05) is 6.61 Å². The van der Waals surface area contributed by atoms with E-state index in [2.05, 4.69) is 79.9 Å². The van der Waals surface area contributed by atoms with Crippen molar-refractivity contribution in [1.29, 1.82) is 0 Å². The summed E-state index contributed by atoms with van der Waals surface area (Å²) in [6.45, 7) is 4.18. The molecule has 0 aliphatic rings. The van der Waals surface area contributed by atoms with E-state index in [0.29, 0.717) is 6.42 Å². The summed E-state index contributed by atoms with van der Waals surface area (Å²) < 4.78 is 0. The Labute approximate surface area is 304 Å². The Bertz CT molecular complexity index is 868. The van der Waals surface area contributed by atoms with Crippen LogP contribution in [0.15, 0.2) is 72.9 Å². The molecule has 2 unspecified atom stereocenters. The number of hydrogen-bond acceptors (Lipinski definition) is 3. The molecule has 282 valence electrons. The fourth-order valence-corrected chi connectivity index (χ4v) is 5.79. The van der Waals surface area contributed by atoms with Crippen LogP contribution in [0.25, 0.3) is 0 Å². The molecule has 0 aliphatic heterocycles. The second-order valence-electron chi connectivity index (χ2n) is 13.7. The van der Waals surface area contributed by atoms with Gasteiger partial charge in [0.1, 0.15) is 0 Å². The Kier molecular flexibility index (Phi) is 38.5. The number of aliphatic hydroxyl groups excluding tert-OH is 2. The molecule has 1 amide bonds. The van der Waals surface area contributed by atoms with E-state index < -0.39 is 12.1 Å². The first-order chi connectivity index (χ1) is 24.2. The Balaban J connectivity index is 3.68. The number of unbranched alkanes of at least 4 members (excludes halogenated alkanes) is 19. The van der Waals surface area contributed by atoms with Gasteiger partial charge in [0.05, 0.1) is 18.8 Å². The molecule has 0 aromatic carbocycles. The fraction of sp³-hybridized carbons (Fsp3) is 0.711. The standard InChI is InChI=1S/C45H79NO3/c1-3-5-7-9-11-13-15-17-19-21-22-23-24-25-27-29-31-33-35-37-39-41-45(49)46-43(42-47)44(48)40-38-36-34-32-30-28-26-20-18-16-14-12-10-8-6-4-2/h5,7,11,13,17,19,22-23,25,27,38,40,43-44,47-48H,3-4,6,8-10,12,14-16,18,20-21,24,26,28-37,39,41-42H2,1-2H3,(H,46,49)/b7-5-,13-11-,19-17-,23-22-,27-25-,40-38+. The zero-order chi connectivity index (χ0) is 35.7. The number of allylic oxidation sites excluding steroid dienone is 11. The molecule has 3 N–H and O–H groups in total. The van der Waals surface area contributed by atoms with Gasteiger partial charge in [-0.1, -0.05) is 189 Å². The van der Waals surface area contributed by atoms with Crippen LogP contribution in [0.4, 0.5) is 0 Å². The largest absolute Gasteiger partial charge is 0.394 e. The van der Waals surface area contributed by atoms with Crippen molar-refractivity contribution < 1.29 is 15.0 Å². The molecule has 0 saturated carbocycles. The van der Waals surface area contributed by atoms with Crippen LogP contribution in [0.1, 0.15) is 187 Å². The molecule has 0 heterocycles. The molecule has 0 aromatic heterocycles. The number of rotatable bonds is 36. The molecular formula is C45H79NO3. The quantitative estimate of drug-likeness (QED) is 0.0455. The highest BCUT2D eigenvalue weighted by atomic mass is 16.3. The van der Waals surface area contributed by atoms with Crippen molar-refractivity contribution in [3.8, 4) is 0 Å². The lowest BCUT2D eigenvalue weighted by Gasteiger charge is -2.20. The minimum Gasteiger partial charge on any atom is -0.394 e. The lowest BCUT2D eigenvalue weighted by molar-refractivity contribution is -0.123. The third-order valence-corrected chi connectivity index (χ3v) is 8.95. The first kappa shape index (κ1) is 46.8. The maximum Gasteiger partial charge on any atom is 0.220 e. The Morgan fingerprint density at radius 3 is 1.35 bits per heavy atom. The van der Waals surface area contributed by atoms with Crippen LogP contribution < -0.4 is 5.32 Å². The lowest BCUT2D eigenvalue weighted by atomic mass is 10.0. The maximum absolute atomic E-state index is 12.4. The SMILES string of the molecule is CC/C=C\C/C=C\C/C=C\C/C=C\C/C=C\CCCCCCCC(=O)NC(CO)C(O)/C=C/CCCCCCCCCCCCCCCC. The summed E-state index contributed by atoms with van der Waals surface area (Å²) in [5.41, 5.74) is 0. The second-order valence-corrected chi connectivity index (χ2v) is 13.7. The van der Waals surface area contributed by atoms with Crippen LogP contribution in [0.3, 0.4) is 0 Å². The zero-order valence-corrected chi connectivity index (χ0v) is 32.2. The van der Waals surface area contributed by atoms with E-state index >= 15 is 0 Å². The molecule has 0 aliphatic carbocycles. The summed E-state index contributed by atoms with van der Waals surface area (Å²) >= 11 is 0. The average Bonchev–Trinajstić information content (AvgIpc) is 3.10. The first-order valence-corrected chi connectivity index (χ1v) is 20.7. The first-order valence-electron chi connectivity index (χ1n) is 20.7. The van der Waals surface area contributed by atoms with Crippen molar-refractivity contribution in [2.24, 2.45) is 0 Å². The molecule has 2 atom stereocenters. The monoisotopic (exact) mass is 682 g/mol. The van der Waals surface area contributed by atoms with Crippen LogP contribution in [0, 0.1) is 0 Å². The van der Waals surface area contributed by atoms with Crippen molar-refractivity contribution in [3.05, 3.63) is 72.9 Å². The number of amides is 1. The van der Waals surface area contributed by atoms with E-state index in [1.54, 1.807) is 6.08 Å². The van der Waals surface area contributed by atoms with Crippen LogP contribution in [0.5, 0.6) is 0 Å². The molecule has 0 bridgehead atoms. The van der Waals surface area contributed by atoms with Gasteiger partial charge in [-0.05, 0) is 64.2 Å². The molecule has 4 heteroatoms. The van der Waals surface area contributed by atoms with E-state index in [1.807, 2.05) is 6.08 Å². The van der Waals surface area contributed by atoms with E-state index in [0.717, 1.165) is 70.6 Å². The molecule has 0 spiro atoms. The van der Waals surface area contributed by atoms with Gasteiger partial charge in [0.2, 0.25) is 5.91 Å². The lowest BCUT2D eigenvalue weighted by Crippen LogP contribution is -2.45. The van der Waals surface area contributed by atoms with E-state index in [-0.39, 0.29) is 12.5 Å². The van der Waals surface area contributed by atoms with Crippen molar-refractivity contribution >= 4 is 5.91 Å². The summed E-state index contributed by atoms with van der Waals surface area (Å²) in [4.78, 5) is 12.4. The highest BCUT2D eigenvalue weighted by Gasteiger charge is 2.17. The van der Waals surface area contributed by atoms with Gasteiger partial charge in [-0.15, -0.1) is 0 Å². The second kappa shape index (κ2) is 40.3. The topological polar surface area (TPSA) is 69.6 Å². The van der Waals surface area contributed by atoms with Gasteiger partial charge < -0.3 is 15.5 Å². The van der Waals surface area contributed by atoms with Crippen molar-refractivity contribution in [3.63, 3.8) is 0 Å². The zero-order valence-electron chi connectivity index (χ0n) is 32.2. The number of hydrogen-bond donors (Lipinski definition) is 3. The van der Waals surface area contributed by atoms with Crippen LogP contribution in [-0.2, 0) is 4.79 Å². The molecular weight excluding hydrogens is 602 g/mol. The van der Waals surface area contributed by atoms with Crippen LogP contribution in [0.2, 0.25) is 0 Å². The van der Waals surface area contributed by atoms with Gasteiger partial charge >= 0.3 is 0 Å². The minimum absolute atomic E-state index is 0.0859. The minimum atomic E-state index is -0.850. The Morgan fingerprint density at radius 1 is 0.510 bits per heavy atom. The summed E-state index contributed by atoms with van der Waals surface area (Å²) in [5.74, 6) is -0.0859. The predicted molar refractivity (Wildman–Crippen MR) is 216 cm³/mol. The molecule has 0 rings (SSSR count). The number of aliphatic hydroxyl groups is 2. The van der Waals surface area contributed by atoms with Crippen LogP contribution >= 0.6 is 0 Å². The molecule has 49 heavy (non-hydrogen) atoms. The van der Waals surface area contributed by atoms with Gasteiger partial charge in [0, 0.05) is 6.42 Å². The van der Waals surface area contributed by atoms with Gasteiger partial charge in [-0.25, -0.2) is 0 Å². The van der Waals surface area contributed by atoms with Crippen LogP contribution in [-0.4, -0.2) is 34.9 Å². The van der Waals surface area contributed by atoms with Crippen molar-refractivity contribution in [2.45, 2.75) is 199 Å². The van der Waals surface area contributed by atoms with Gasteiger partial charge in [-0.3, -0.25) is 4.79 Å². The normalized spacial score (nSPS) is 13.8. The predicted octanol–water partition coefficient (Wildman–Crippen LogP) is 12.7. The highest BCUT2D eigenvalue weighted by molar-refractivity contribution is 5.76. The molecule has 4 nitrogen and oxygen atoms in total. The Morgan fingerprint density at radius 2 is 0.898 bits per heavy atom. The summed E-state index contributed by atoms with van der Waals surface area (Å²) in [6, 6.07) is -0.636. The summed E-state index contributed by atoms with van der Waals surface area (Å²) in [7, 11) is 0. The van der Waals surface area contributed by atoms with E-state index in [4.69, 9.17) is 0 Å². The van der Waals surface area contributed by atoms with Crippen molar-refractivity contribution in [1.82, 2.24) is 5.32 Å². The van der Waals surface area contributed by atoms with E-state index in [9.17, 15) is 15.0 Å². The third-order valence-electron chi connectivity index (χ3n) is 8.95. The molecule has 0 saturated heterocycles. The highest BCUT2D eigenvalue weighted by Crippen LogP contribution is 2.14. The smallest absolute Gasteiger partial charge is 0.220 e. The average molecular weight is 682 g/mol.